The summed E-state index contributed by atoms with van der Waals surface area (Å²) in [7, 11) is 1.86. The number of hydrogen-bond donors (Lipinski definition) is 1. The van der Waals surface area contributed by atoms with Gasteiger partial charge in [-0.25, -0.2) is 15.0 Å². The zero-order valence-electron chi connectivity index (χ0n) is 9.85. The van der Waals surface area contributed by atoms with Crippen molar-refractivity contribution >= 4 is 22.7 Å². The van der Waals surface area contributed by atoms with Gasteiger partial charge in [0.05, 0.1) is 5.39 Å². The van der Waals surface area contributed by atoms with Crippen LogP contribution in [0.15, 0.2) is 18.5 Å². The molecule has 5 nitrogen and oxygen atoms in total. The molecule has 0 spiro atoms. The van der Waals surface area contributed by atoms with Gasteiger partial charge in [-0.1, -0.05) is 0 Å². The number of fused-ring (bicyclic) bond motifs is 1. The average molecular weight is 229 g/mol. The molecule has 0 aliphatic carbocycles. The fourth-order valence-electron chi connectivity index (χ4n) is 2.25. The third-order valence-electron chi connectivity index (χ3n) is 3.15. The maximum Gasteiger partial charge on any atom is 0.166 e. The molecule has 0 amide bonds. The van der Waals surface area contributed by atoms with Gasteiger partial charge >= 0.3 is 0 Å². The molecule has 0 radical (unpaired) electrons. The van der Waals surface area contributed by atoms with Crippen LogP contribution in [0.4, 0.5) is 11.6 Å². The van der Waals surface area contributed by atoms with E-state index >= 15 is 0 Å². The van der Waals surface area contributed by atoms with Gasteiger partial charge in [0.25, 0.3) is 0 Å². The summed E-state index contributed by atoms with van der Waals surface area (Å²) in [5.41, 5.74) is 0.758. The second kappa shape index (κ2) is 4.16. The van der Waals surface area contributed by atoms with Gasteiger partial charge in [0.1, 0.15) is 18.0 Å². The van der Waals surface area contributed by atoms with Crippen molar-refractivity contribution in [1.82, 2.24) is 15.0 Å². The number of nitrogens with one attached hydrogen (secondary N) is 1. The molecular weight excluding hydrogens is 214 g/mol. The Morgan fingerprint density at radius 1 is 1.18 bits per heavy atom. The topological polar surface area (TPSA) is 53.9 Å². The van der Waals surface area contributed by atoms with E-state index < -0.39 is 0 Å². The molecule has 5 heteroatoms. The van der Waals surface area contributed by atoms with Gasteiger partial charge in [-0.3, -0.25) is 0 Å². The normalized spacial score (nSPS) is 15.5. The van der Waals surface area contributed by atoms with E-state index in [2.05, 4.69) is 31.2 Å². The van der Waals surface area contributed by atoms with Gasteiger partial charge in [-0.05, 0) is 25.0 Å². The minimum absolute atomic E-state index is 0.758. The Bertz CT molecular complexity index is 533. The van der Waals surface area contributed by atoms with Crippen LogP contribution < -0.4 is 10.2 Å². The fraction of sp³-hybridized carbons (Fsp3) is 0.417. The monoisotopic (exact) mass is 229 g/mol. The number of pyridine rings is 1. The lowest BCUT2D eigenvalue weighted by molar-refractivity contribution is 0.940. The van der Waals surface area contributed by atoms with Crippen molar-refractivity contribution < 1.29 is 0 Å². The third kappa shape index (κ3) is 1.77. The Hall–Kier alpha value is -1.91. The molecule has 0 saturated carbocycles. The smallest absolute Gasteiger partial charge is 0.166 e. The number of nitrogens with zero attached hydrogens (tertiary/aromatic N) is 4. The average Bonchev–Trinajstić information content (AvgIpc) is 2.91. The quantitative estimate of drug-likeness (QED) is 0.849. The van der Waals surface area contributed by atoms with Crippen molar-refractivity contribution in [3.63, 3.8) is 0 Å². The predicted molar refractivity (Wildman–Crippen MR) is 68.3 cm³/mol. The first-order valence-corrected chi connectivity index (χ1v) is 5.93. The van der Waals surface area contributed by atoms with Crippen molar-refractivity contribution in [2.24, 2.45) is 0 Å². The highest BCUT2D eigenvalue weighted by molar-refractivity contribution is 5.87. The molecular formula is C12H15N5. The van der Waals surface area contributed by atoms with Crippen LogP contribution in [0.2, 0.25) is 0 Å². The molecule has 1 saturated heterocycles. The highest BCUT2D eigenvalue weighted by Gasteiger charge is 2.14. The molecule has 2 aromatic heterocycles. The molecule has 0 bridgehead atoms. The number of rotatable bonds is 2. The SMILES string of the molecule is CNc1ncnc2nc(N3CCCC3)ccc12. The van der Waals surface area contributed by atoms with E-state index in [1.807, 2.05) is 13.1 Å². The summed E-state index contributed by atoms with van der Waals surface area (Å²) in [4.78, 5) is 15.3. The van der Waals surface area contributed by atoms with Crippen molar-refractivity contribution in [3.05, 3.63) is 18.5 Å². The molecule has 3 heterocycles. The molecule has 0 aromatic carbocycles. The second-order valence-electron chi connectivity index (χ2n) is 4.21. The molecule has 0 atom stereocenters. The first kappa shape index (κ1) is 10.3. The lowest BCUT2D eigenvalue weighted by Crippen LogP contribution is -2.18. The molecule has 1 aliphatic rings. The van der Waals surface area contributed by atoms with Crippen LogP contribution in [0.25, 0.3) is 11.0 Å². The molecule has 17 heavy (non-hydrogen) atoms. The van der Waals surface area contributed by atoms with Gasteiger partial charge in [-0.15, -0.1) is 0 Å². The summed E-state index contributed by atoms with van der Waals surface area (Å²) in [5.74, 6) is 1.85. The van der Waals surface area contributed by atoms with Crippen LogP contribution in [0.3, 0.4) is 0 Å². The third-order valence-corrected chi connectivity index (χ3v) is 3.15. The van der Waals surface area contributed by atoms with Crippen molar-refractivity contribution in [3.8, 4) is 0 Å². The Morgan fingerprint density at radius 2 is 2.00 bits per heavy atom. The Kier molecular flexibility index (Phi) is 2.51. The number of anilines is 2. The van der Waals surface area contributed by atoms with Crippen LogP contribution >= 0.6 is 0 Å². The molecule has 1 N–H and O–H groups in total. The molecule has 2 aromatic rings. The maximum absolute atomic E-state index is 4.60. The minimum Gasteiger partial charge on any atom is -0.372 e. The Balaban J connectivity index is 2.07. The fourth-order valence-corrected chi connectivity index (χ4v) is 2.25. The standard InChI is InChI=1S/C12H15N5/c1-13-11-9-4-5-10(17-6-2-3-7-17)16-12(9)15-8-14-11/h4-5,8H,2-3,6-7H2,1H3,(H,13,14,15,16). The van der Waals surface area contributed by atoms with Crippen LogP contribution in [-0.4, -0.2) is 35.1 Å². The lowest BCUT2D eigenvalue weighted by atomic mass is 10.3. The van der Waals surface area contributed by atoms with Crippen LogP contribution in [0, 0.1) is 0 Å². The number of aromatic nitrogens is 3. The zero-order valence-corrected chi connectivity index (χ0v) is 9.85. The summed E-state index contributed by atoms with van der Waals surface area (Å²) in [6.45, 7) is 2.20. The maximum atomic E-state index is 4.60. The van der Waals surface area contributed by atoms with Gasteiger partial charge < -0.3 is 10.2 Å². The molecule has 0 unspecified atom stereocenters. The van der Waals surface area contributed by atoms with Crippen LogP contribution in [-0.2, 0) is 0 Å². The van der Waals surface area contributed by atoms with Crippen LogP contribution in [0.5, 0.6) is 0 Å². The second-order valence-corrected chi connectivity index (χ2v) is 4.21. The summed E-state index contributed by atoms with van der Waals surface area (Å²) in [5, 5.41) is 4.02. The summed E-state index contributed by atoms with van der Waals surface area (Å²) < 4.78 is 0. The van der Waals surface area contributed by atoms with E-state index in [1.165, 1.54) is 12.8 Å². The zero-order chi connectivity index (χ0) is 11.7. The highest BCUT2D eigenvalue weighted by atomic mass is 15.2. The van der Waals surface area contributed by atoms with E-state index in [1.54, 1.807) is 6.33 Å². The Morgan fingerprint density at radius 3 is 2.76 bits per heavy atom. The summed E-state index contributed by atoms with van der Waals surface area (Å²) >= 11 is 0. The summed E-state index contributed by atoms with van der Waals surface area (Å²) in [6.07, 6.45) is 4.06. The van der Waals surface area contributed by atoms with Gasteiger partial charge in [0, 0.05) is 20.1 Å². The van der Waals surface area contributed by atoms with Gasteiger partial charge in [-0.2, -0.15) is 0 Å². The number of hydrogen-bond acceptors (Lipinski definition) is 5. The van der Waals surface area contributed by atoms with E-state index in [-0.39, 0.29) is 0 Å². The summed E-state index contributed by atoms with van der Waals surface area (Å²) in [6, 6.07) is 4.10. The predicted octanol–water partition coefficient (Wildman–Crippen LogP) is 1.67. The minimum atomic E-state index is 0.758. The van der Waals surface area contributed by atoms with E-state index in [4.69, 9.17) is 0 Å². The Labute approximate surface area is 99.9 Å². The largest absolute Gasteiger partial charge is 0.372 e. The van der Waals surface area contributed by atoms with Crippen LogP contribution in [0.1, 0.15) is 12.8 Å². The first-order chi connectivity index (χ1) is 8.38. The van der Waals surface area contributed by atoms with E-state index in [9.17, 15) is 0 Å². The van der Waals surface area contributed by atoms with E-state index in [0.29, 0.717) is 0 Å². The molecule has 1 fully saturated rings. The molecule has 88 valence electrons. The highest BCUT2D eigenvalue weighted by Crippen LogP contribution is 2.23. The van der Waals surface area contributed by atoms with Crippen molar-refractivity contribution in [2.45, 2.75) is 12.8 Å². The van der Waals surface area contributed by atoms with Gasteiger partial charge in [0.2, 0.25) is 0 Å². The van der Waals surface area contributed by atoms with Gasteiger partial charge in [0.15, 0.2) is 5.65 Å². The molecule has 1 aliphatic heterocycles. The first-order valence-electron chi connectivity index (χ1n) is 5.93. The van der Waals surface area contributed by atoms with Crippen molar-refractivity contribution in [2.75, 3.05) is 30.4 Å². The van der Waals surface area contributed by atoms with E-state index in [0.717, 1.165) is 35.8 Å². The van der Waals surface area contributed by atoms with Crippen molar-refractivity contribution in [1.29, 1.82) is 0 Å². The molecule has 3 rings (SSSR count). The lowest BCUT2D eigenvalue weighted by Gasteiger charge is -2.16.